The summed E-state index contributed by atoms with van der Waals surface area (Å²) in [6, 6.07) is 15.4. The van der Waals surface area contributed by atoms with Crippen LogP contribution in [0.5, 0.6) is 17.2 Å². The number of methoxy groups -OCH3 is 2. The SMILES string of the molecule is COc1cc(COc2c(Br)cc(Cl)nc2CCc2ccc(-c3nn[nH]n3)cc2)cc(OC)c1. The summed E-state index contributed by atoms with van der Waals surface area (Å²) in [5.74, 6) is 2.62. The van der Waals surface area contributed by atoms with Crippen LogP contribution in [0.1, 0.15) is 16.8 Å². The molecule has 0 radical (unpaired) electrons. The first kappa shape index (κ1) is 23.0. The Morgan fingerprint density at radius 2 is 1.67 bits per heavy atom. The molecule has 0 atom stereocenters. The molecule has 0 amide bonds. The van der Waals surface area contributed by atoms with Gasteiger partial charge < -0.3 is 14.2 Å². The molecule has 0 bridgehead atoms. The number of nitrogens with zero attached hydrogens (tertiary/aromatic N) is 4. The molecule has 4 aromatic rings. The highest BCUT2D eigenvalue weighted by atomic mass is 79.9. The van der Waals surface area contributed by atoms with Crippen molar-refractivity contribution in [1.29, 1.82) is 0 Å². The molecular weight excluding hydrogens is 510 g/mol. The minimum absolute atomic E-state index is 0.321. The number of aromatic nitrogens is 5. The number of nitrogens with one attached hydrogen (secondary N) is 1. The Morgan fingerprint density at radius 3 is 2.30 bits per heavy atom. The Hall–Kier alpha value is -3.17. The van der Waals surface area contributed by atoms with E-state index in [1.54, 1.807) is 20.3 Å². The van der Waals surface area contributed by atoms with Gasteiger partial charge in [-0.25, -0.2) is 4.98 Å². The molecule has 1 N–H and O–H groups in total. The van der Waals surface area contributed by atoms with Gasteiger partial charge in [0, 0.05) is 11.6 Å². The molecule has 0 spiro atoms. The van der Waals surface area contributed by atoms with Crippen molar-refractivity contribution in [1.82, 2.24) is 25.6 Å². The number of aromatic amines is 1. The van der Waals surface area contributed by atoms with E-state index in [1.807, 2.05) is 42.5 Å². The number of ether oxygens (including phenoxy) is 3. The van der Waals surface area contributed by atoms with Gasteiger partial charge in [-0.15, -0.1) is 10.2 Å². The van der Waals surface area contributed by atoms with Gasteiger partial charge in [0.1, 0.15) is 23.3 Å². The lowest BCUT2D eigenvalue weighted by molar-refractivity contribution is 0.297. The third kappa shape index (κ3) is 5.80. The van der Waals surface area contributed by atoms with Gasteiger partial charge in [0.05, 0.1) is 24.4 Å². The molecule has 0 saturated heterocycles. The summed E-state index contributed by atoms with van der Waals surface area (Å²) in [4.78, 5) is 4.52. The maximum atomic E-state index is 6.23. The smallest absolute Gasteiger partial charge is 0.204 e. The highest BCUT2D eigenvalue weighted by molar-refractivity contribution is 9.10. The Morgan fingerprint density at radius 1 is 0.939 bits per heavy atom. The molecule has 0 aliphatic carbocycles. The molecule has 2 heterocycles. The lowest BCUT2D eigenvalue weighted by atomic mass is 10.1. The fraction of sp³-hybridized carbons (Fsp3) is 0.217. The molecule has 0 saturated carbocycles. The number of benzene rings is 2. The molecule has 33 heavy (non-hydrogen) atoms. The molecule has 0 unspecified atom stereocenters. The molecule has 2 aromatic carbocycles. The lowest BCUT2D eigenvalue weighted by Gasteiger charge is -2.14. The zero-order valence-electron chi connectivity index (χ0n) is 18.0. The highest BCUT2D eigenvalue weighted by Gasteiger charge is 2.14. The van der Waals surface area contributed by atoms with Crippen LogP contribution in [0.25, 0.3) is 11.4 Å². The van der Waals surface area contributed by atoms with Crippen LogP contribution in [-0.4, -0.2) is 39.8 Å². The van der Waals surface area contributed by atoms with Gasteiger partial charge in [-0.2, -0.15) is 5.21 Å². The van der Waals surface area contributed by atoms with Crippen molar-refractivity contribution in [2.45, 2.75) is 19.4 Å². The first-order chi connectivity index (χ1) is 16.1. The zero-order chi connectivity index (χ0) is 23.2. The minimum Gasteiger partial charge on any atom is -0.497 e. The van der Waals surface area contributed by atoms with Crippen molar-refractivity contribution >= 4 is 27.5 Å². The molecule has 8 nitrogen and oxygen atoms in total. The van der Waals surface area contributed by atoms with E-state index in [9.17, 15) is 0 Å². The summed E-state index contributed by atoms with van der Waals surface area (Å²) < 4.78 is 17.6. The summed E-state index contributed by atoms with van der Waals surface area (Å²) in [5, 5.41) is 14.5. The van der Waals surface area contributed by atoms with E-state index in [2.05, 4.69) is 41.5 Å². The van der Waals surface area contributed by atoms with Crippen LogP contribution in [0.2, 0.25) is 5.15 Å². The number of hydrogen-bond acceptors (Lipinski definition) is 7. The Bertz CT molecular complexity index is 1200. The maximum Gasteiger partial charge on any atom is 0.204 e. The molecule has 2 aromatic heterocycles. The van der Waals surface area contributed by atoms with Crippen molar-refractivity contribution in [3.8, 4) is 28.6 Å². The summed E-state index contributed by atoms with van der Waals surface area (Å²) in [7, 11) is 3.23. The van der Waals surface area contributed by atoms with Crippen molar-refractivity contribution < 1.29 is 14.2 Å². The normalized spacial score (nSPS) is 10.8. The fourth-order valence-corrected chi connectivity index (χ4v) is 4.22. The summed E-state index contributed by atoms with van der Waals surface area (Å²) in [6.45, 7) is 0.321. The largest absolute Gasteiger partial charge is 0.497 e. The highest BCUT2D eigenvalue weighted by Crippen LogP contribution is 2.33. The second kappa shape index (κ2) is 10.6. The molecular formula is C23H21BrClN5O3. The van der Waals surface area contributed by atoms with Gasteiger partial charge in [-0.05, 0) is 63.3 Å². The lowest BCUT2D eigenvalue weighted by Crippen LogP contribution is -2.04. The molecule has 0 aliphatic rings. The van der Waals surface area contributed by atoms with Crippen LogP contribution in [0.4, 0.5) is 0 Å². The van der Waals surface area contributed by atoms with E-state index in [-0.39, 0.29) is 0 Å². The Balaban J connectivity index is 1.49. The quantitative estimate of drug-likeness (QED) is 0.302. The summed E-state index contributed by atoms with van der Waals surface area (Å²) in [6.07, 6.45) is 1.41. The second-order valence-corrected chi connectivity index (χ2v) is 8.39. The van der Waals surface area contributed by atoms with Gasteiger partial charge in [0.15, 0.2) is 5.75 Å². The van der Waals surface area contributed by atoms with Gasteiger partial charge in [0.2, 0.25) is 5.82 Å². The van der Waals surface area contributed by atoms with Crippen LogP contribution < -0.4 is 14.2 Å². The molecule has 0 aliphatic heterocycles. The Labute approximate surface area is 204 Å². The number of halogens is 2. The maximum absolute atomic E-state index is 6.23. The first-order valence-corrected chi connectivity index (χ1v) is 11.2. The van der Waals surface area contributed by atoms with E-state index in [1.165, 1.54) is 0 Å². The van der Waals surface area contributed by atoms with Crippen LogP contribution in [0.3, 0.4) is 0 Å². The average molecular weight is 531 g/mol. The predicted octanol–water partition coefficient (Wildman–Crippen LogP) is 5.06. The predicted molar refractivity (Wildman–Crippen MR) is 128 cm³/mol. The zero-order valence-corrected chi connectivity index (χ0v) is 20.4. The van der Waals surface area contributed by atoms with Crippen LogP contribution >= 0.6 is 27.5 Å². The minimum atomic E-state index is 0.321. The standard InChI is InChI=1S/C23H21BrClN5O3/c1-31-17-9-15(10-18(11-17)32-2)13-33-22-19(24)12-21(25)26-20(22)8-5-14-3-6-16(7-4-14)23-27-29-30-28-23/h3-4,6-7,9-12H,5,8,13H2,1-2H3,(H,27,28,29,30). The second-order valence-electron chi connectivity index (χ2n) is 7.14. The Kier molecular flexibility index (Phi) is 7.41. The van der Waals surface area contributed by atoms with Crippen molar-refractivity contribution in [2.24, 2.45) is 0 Å². The van der Waals surface area contributed by atoms with Crippen LogP contribution in [0.15, 0.2) is 53.0 Å². The van der Waals surface area contributed by atoms with E-state index >= 15 is 0 Å². The average Bonchev–Trinajstić information content (AvgIpc) is 3.37. The number of pyridine rings is 1. The first-order valence-electron chi connectivity index (χ1n) is 10.1. The van der Waals surface area contributed by atoms with Gasteiger partial charge >= 0.3 is 0 Å². The third-order valence-corrected chi connectivity index (χ3v) is 5.75. The molecule has 170 valence electrons. The number of hydrogen-bond donors (Lipinski definition) is 1. The van der Waals surface area contributed by atoms with Crippen LogP contribution in [-0.2, 0) is 19.4 Å². The summed E-state index contributed by atoms with van der Waals surface area (Å²) in [5.41, 5.74) is 3.72. The van der Waals surface area contributed by atoms with Gasteiger partial charge in [-0.3, -0.25) is 0 Å². The number of aryl methyl sites for hydroxylation is 2. The van der Waals surface area contributed by atoms with Crippen molar-refractivity contribution in [2.75, 3.05) is 14.2 Å². The molecule has 10 heteroatoms. The monoisotopic (exact) mass is 529 g/mol. The van der Waals surface area contributed by atoms with Crippen molar-refractivity contribution in [3.63, 3.8) is 0 Å². The fourth-order valence-electron chi connectivity index (χ4n) is 3.31. The van der Waals surface area contributed by atoms with E-state index in [0.29, 0.717) is 41.3 Å². The van der Waals surface area contributed by atoms with E-state index in [4.69, 9.17) is 25.8 Å². The number of rotatable bonds is 9. The molecule has 4 rings (SSSR count). The van der Waals surface area contributed by atoms with Gasteiger partial charge in [-0.1, -0.05) is 35.9 Å². The number of H-pyrrole nitrogens is 1. The summed E-state index contributed by atoms with van der Waals surface area (Å²) >= 11 is 9.79. The van der Waals surface area contributed by atoms with Crippen LogP contribution in [0, 0.1) is 0 Å². The topological polar surface area (TPSA) is 95.0 Å². The van der Waals surface area contributed by atoms with Gasteiger partial charge in [0.25, 0.3) is 0 Å². The van der Waals surface area contributed by atoms with Crippen molar-refractivity contribution in [3.05, 3.63) is 75.0 Å². The van der Waals surface area contributed by atoms with E-state index in [0.717, 1.165) is 33.3 Å². The number of tetrazole rings is 1. The van der Waals surface area contributed by atoms with E-state index < -0.39 is 0 Å². The molecule has 0 fully saturated rings. The third-order valence-electron chi connectivity index (χ3n) is 4.97.